The molecular weight excluding hydrogens is 466 g/mol. The van der Waals surface area contributed by atoms with Gasteiger partial charge in [-0.1, -0.05) is 44.5 Å². The van der Waals surface area contributed by atoms with Crippen molar-refractivity contribution < 1.29 is 24.1 Å². The Balaban J connectivity index is 1.57. The van der Waals surface area contributed by atoms with E-state index in [9.17, 15) is 9.90 Å². The Morgan fingerprint density at radius 1 is 1.26 bits per heavy atom. The molecule has 2 saturated carbocycles. The van der Waals surface area contributed by atoms with E-state index in [-0.39, 0.29) is 34.8 Å². The van der Waals surface area contributed by atoms with Crippen molar-refractivity contribution in [3.05, 3.63) is 46.7 Å². The summed E-state index contributed by atoms with van der Waals surface area (Å²) in [5.41, 5.74) is -1.16. The smallest absolute Gasteiger partial charge is 0.233 e. The molecule has 8 atom stereocenters. The second-order valence-electron chi connectivity index (χ2n) is 12.3. The van der Waals surface area contributed by atoms with Gasteiger partial charge >= 0.3 is 0 Å². The first-order valence-electron chi connectivity index (χ1n) is 12.6. The van der Waals surface area contributed by atoms with Gasteiger partial charge in [-0.15, -0.1) is 0 Å². The topological polar surface area (TPSA) is 77.9 Å². The number of ketones is 1. The highest BCUT2D eigenvalue weighted by atomic mass is 35.5. The first kappa shape index (κ1) is 23.7. The Hall–Kier alpha value is -1.73. The highest BCUT2D eigenvalue weighted by Gasteiger charge is 2.77. The number of rotatable bonds is 2. The van der Waals surface area contributed by atoms with Crippen LogP contribution in [0.3, 0.4) is 0 Å². The van der Waals surface area contributed by atoms with Crippen molar-refractivity contribution in [3.8, 4) is 5.88 Å². The van der Waals surface area contributed by atoms with Crippen LogP contribution in [0.1, 0.15) is 48.0 Å². The summed E-state index contributed by atoms with van der Waals surface area (Å²) in [4.78, 5) is 19.0. The van der Waals surface area contributed by atoms with Crippen molar-refractivity contribution in [2.75, 3.05) is 6.61 Å². The summed E-state index contributed by atoms with van der Waals surface area (Å²) in [6.45, 7) is 12.5. The quantitative estimate of drug-likeness (QED) is 0.592. The van der Waals surface area contributed by atoms with Gasteiger partial charge in [0.2, 0.25) is 5.88 Å². The molecule has 1 spiro atoms. The second-order valence-corrected chi connectivity index (χ2v) is 12.7. The van der Waals surface area contributed by atoms with Gasteiger partial charge in [0.15, 0.2) is 23.3 Å². The number of hydrogen-bond donors (Lipinski definition) is 1. The number of hydrogen-bond acceptors (Lipinski definition) is 6. The van der Waals surface area contributed by atoms with Crippen LogP contribution < -0.4 is 4.74 Å². The number of aliphatic hydroxyl groups is 1. The van der Waals surface area contributed by atoms with Gasteiger partial charge in [-0.05, 0) is 73.6 Å². The lowest BCUT2D eigenvalue weighted by Gasteiger charge is -2.52. The Bertz CT molecular complexity index is 1170. The normalized spacial score (nSPS) is 44.6. The third-order valence-electron chi connectivity index (χ3n) is 9.63. The van der Waals surface area contributed by atoms with E-state index >= 15 is 0 Å². The Morgan fingerprint density at radius 2 is 2.00 bits per heavy atom. The molecule has 1 aromatic rings. The summed E-state index contributed by atoms with van der Waals surface area (Å²) in [5.74, 6) is -0.389. The molecular formula is C28H34ClNO5. The van der Waals surface area contributed by atoms with Crippen molar-refractivity contribution in [1.29, 1.82) is 0 Å². The van der Waals surface area contributed by atoms with Crippen LogP contribution in [0.15, 0.2) is 41.6 Å². The molecule has 1 saturated heterocycles. The van der Waals surface area contributed by atoms with E-state index in [0.29, 0.717) is 17.5 Å². The molecule has 6 rings (SSSR count). The van der Waals surface area contributed by atoms with Gasteiger partial charge in [-0.25, -0.2) is 4.98 Å². The summed E-state index contributed by atoms with van der Waals surface area (Å²) in [6.07, 6.45) is 4.87. The van der Waals surface area contributed by atoms with E-state index in [1.807, 2.05) is 26.8 Å². The fraction of sp³-hybridized carbons (Fsp3) is 0.643. The maximum Gasteiger partial charge on any atom is 0.233 e. The maximum atomic E-state index is 14.7. The molecule has 35 heavy (non-hydrogen) atoms. The van der Waals surface area contributed by atoms with Gasteiger partial charge in [0.05, 0.1) is 12.0 Å². The molecule has 0 radical (unpaired) electrons. The monoisotopic (exact) mass is 499 g/mol. The van der Waals surface area contributed by atoms with Crippen LogP contribution in [0, 0.1) is 34.5 Å². The van der Waals surface area contributed by atoms with E-state index < -0.39 is 29.0 Å². The minimum absolute atomic E-state index is 0.0615. The largest absolute Gasteiger partial charge is 0.465 e. The summed E-state index contributed by atoms with van der Waals surface area (Å²) in [5, 5.41) is 13.4. The second kappa shape index (κ2) is 7.18. The lowest BCUT2D eigenvalue weighted by atomic mass is 9.59. The van der Waals surface area contributed by atoms with Crippen LogP contribution in [0.4, 0.5) is 0 Å². The van der Waals surface area contributed by atoms with E-state index in [4.69, 9.17) is 25.8 Å². The summed E-state index contributed by atoms with van der Waals surface area (Å²) < 4.78 is 18.9. The summed E-state index contributed by atoms with van der Waals surface area (Å²) in [7, 11) is 0. The van der Waals surface area contributed by atoms with Gasteiger partial charge < -0.3 is 19.3 Å². The Morgan fingerprint density at radius 3 is 2.71 bits per heavy atom. The molecule has 4 aliphatic carbocycles. The zero-order valence-electron chi connectivity index (χ0n) is 21.2. The van der Waals surface area contributed by atoms with Crippen LogP contribution in [0.2, 0.25) is 5.02 Å². The third-order valence-corrected chi connectivity index (χ3v) is 9.91. The highest BCUT2D eigenvalue weighted by Crippen LogP contribution is 2.72. The van der Waals surface area contributed by atoms with Crippen LogP contribution in [-0.2, 0) is 14.3 Å². The standard InChI is InChI=1S/C28H34ClNO5/c1-14-12-27-15(2)10-18-20(25(18,3)4)17(21(27)31)11-16-13-33-26(5,6)35-23(16)28(27,32)22(14)34-24-19(29)8-7-9-30-24/h7-9,11-12,15,17-18,20,22-23,32H,10,13H2,1-6H3/t15-,17+,18-,20+,22+,23-,27+,28-/m1/s1. The van der Waals surface area contributed by atoms with Crippen molar-refractivity contribution >= 4 is 17.4 Å². The molecule has 7 heteroatoms. The van der Waals surface area contributed by atoms with E-state index in [0.717, 1.165) is 17.6 Å². The minimum Gasteiger partial charge on any atom is -0.465 e. The highest BCUT2D eigenvalue weighted by molar-refractivity contribution is 6.31. The molecule has 6 nitrogen and oxygen atoms in total. The van der Waals surface area contributed by atoms with Gasteiger partial charge in [0.1, 0.15) is 11.1 Å². The lowest BCUT2D eigenvalue weighted by molar-refractivity contribution is -0.301. The molecule has 2 bridgehead atoms. The molecule has 1 aliphatic heterocycles. The van der Waals surface area contributed by atoms with E-state index in [2.05, 4.69) is 31.8 Å². The maximum absolute atomic E-state index is 14.7. The molecule has 0 unspecified atom stereocenters. The first-order chi connectivity index (χ1) is 16.3. The molecule has 0 aromatic carbocycles. The number of nitrogens with zero attached hydrogens (tertiary/aromatic N) is 1. The van der Waals surface area contributed by atoms with Crippen molar-refractivity contribution in [3.63, 3.8) is 0 Å². The summed E-state index contributed by atoms with van der Waals surface area (Å²) >= 11 is 6.41. The number of carbonyl (C=O) groups excluding carboxylic acids is 1. The van der Waals surface area contributed by atoms with Crippen LogP contribution >= 0.6 is 11.6 Å². The number of halogens is 1. The van der Waals surface area contributed by atoms with Crippen molar-refractivity contribution in [1.82, 2.24) is 4.98 Å². The minimum atomic E-state index is -1.68. The van der Waals surface area contributed by atoms with Crippen molar-refractivity contribution in [2.24, 2.45) is 34.5 Å². The zero-order valence-corrected chi connectivity index (χ0v) is 21.9. The predicted molar refractivity (Wildman–Crippen MR) is 131 cm³/mol. The molecule has 188 valence electrons. The number of ether oxygens (including phenoxy) is 3. The fourth-order valence-electron chi connectivity index (χ4n) is 7.87. The molecule has 2 heterocycles. The third kappa shape index (κ3) is 2.94. The van der Waals surface area contributed by atoms with Crippen LogP contribution in [-0.4, -0.2) is 46.1 Å². The number of Topliss-reactive ketones (excluding diaryl/α,β-unsaturated/α-hetero) is 1. The zero-order chi connectivity index (χ0) is 25.1. The molecule has 1 N–H and O–H groups in total. The van der Waals surface area contributed by atoms with Gasteiger partial charge in [0.25, 0.3) is 0 Å². The Kier molecular flexibility index (Phi) is 4.86. The molecule has 3 fully saturated rings. The van der Waals surface area contributed by atoms with Gasteiger partial charge in [0, 0.05) is 12.1 Å². The average molecular weight is 500 g/mol. The molecule has 5 aliphatic rings. The van der Waals surface area contributed by atoms with Crippen molar-refractivity contribution in [2.45, 2.75) is 71.6 Å². The number of aromatic nitrogens is 1. The first-order valence-corrected chi connectivity index (χ1v) is 13.0. The predicted octanol–water partition coefficient (Wildman–Crippen LogP) is 4.75. The van der Waals surface area contributed by atoms with E-state index in [1.165, 1.54) is 0 Å². The van der Waals surface area contributed by atoms with Crippen LogP contribution in [0.25, 0.3) is 0 Å². The Labute approximate surface area is 211 Å². The fourth-order valence-corrected chi connectivity index (χ4v) is 8.04. The summed E-state index contributed by atoms with van der Waals surface area (Å²) in [6, 6.07) is 3.43. The SMILES string of the molecule is CC1=C[C@]23C(=O)[C@@H](C=C4COC(C)(C)O[C@H]4[C@]2(O)[C@H]1Oc1ncccc1Cl)[C@H]1[C@@H](C[C@H]3C)C1(C)C. The van der Waals surface area contributed by atoms with Gasteiger partial charge in [-0.3, -0.25) is 4.79 Å². The average Bonchev–Trinajstić information content (AvgIpc) is 3.27. The molecule has 0 amide bonds. The van der Waals surface area contributed by atoms with E-state index in [1.54, 1.807) is 18.3 Å². The lowest BCUT2D eigenvalue weighted by Crippen LogP contribution is -2.68. The number of fused-ring (bicyclic) bond motifs is 5. The van der Waals surface area contributed by atoms with Gasteiger partial charge in [-0.2, -0.15) is 0 Å². The number of carbonyl (C=O) groups is 1. The van der Waals surface area contributed by atoms with Crippen LogP contribution in [0.5, 0.6) is 5.88 Å². The molecule has 1 aromatic heterocycles. The number of pyridine rings is 1. The number of allylic oxidation sites excluding steroid dienone is 1.